The van der Waals surface area contributed by atoms with Crippen LogP contribution in [0.3, 0.4) is 0 Å². The van der Waals surface area contributed by atoms with Crippen LogP contribution in [0.4, 0.5) is 30.7 Å². The third kappa shape index (κ3) is 14.9. The van der Waals surface area contributed by atoms with Crippen molar-refractivity contribution >= 4 is 17.7 Å². The van der Waals surface area contributed by atoms with E-state index in [1.807, 2.05) is 18.2 Å². The Kier molecular flexibility index (Phi) is 15.6. The summed E-state index contributed by atoms with van der Waals surface area (Å²) in [5.74, 6) is -2.68. The fourth-order valence-corrected chi connectivity index (χ4v) is 5.05. The van der Waals surface area contributed by atoms with Gasteiger partial charge in [-0.3, -0.25) is 0 Å². The van der Waals surface area contributed by atoms with Crippen LogP contribution in [0.25, 0.3) is 0 Å². The van der Waals surface area contributed by atoms with Crippen molar-refractivity contribution in [2.45, 2.75) is 45.4 Å². The molecule has 7 nitrogen and oxygen atoms in total. The fourth-order valence-electron chi connectivity index (χ4n) is 2.77. The van der Waals surface area contributed by atoms with Gasteiger partial charge in [-0.2, -0.15) is 13.3 Å². The van der Waals surface area contributed by atoms with Gasteiger partial charge in [0.05, 0.1) is 5.75 Å². The molecule has 1 unspecified atom stereocenters. The molecule has 0 saturated heterocycles. The van der Waals surface area contributed by atoms with E-state index in [1.54, 1.807) is 78.9 Å². The average molecular weight is 689 g/mol. The Hall–Kier alpha value is -3.55. The van der Waals surface area contributed by atoms with Crippen molar-refractivity contribution < 1.29 is 62.0 Å². The second-order valence-corrected chi connectivity index (χ2v) is 12.2. The first-order valence-corrected chi connectivity index (χ1v) is 15.8. The number of allylic oxidation sites excluding steroid dienone is 1. The van der Waals surface area contributed by atoms with Gasteiger partial charge in [0.25, 0.3) is 0 Å². The molecule has 0 saturated carbocycles. The number of sulfone groups is 1. The lowest BCUT2D eigenvalue weighted by molar-refractivity contribution is -0.320. The molecule has 0 aliphatic carbocycles. The molecule has 0 amide bonds. The van der Waals surface area contributed by atoms with Crippen molar-refractivity contribution in [1.29, 1.82) is 0 Å². The van der Waals surface area contributed by atoms with Crippen molar-refractivity contribution in [3.05, 3.63) is 102 Å². The molecule has 0 radical (unpaired) electrons. The summed E-state index contributed by atoms with van der Waals surface area (Å²) < 4.78 is 136. The van der Waals surface area contributed by atoms with E-state index in [-0.39, 0.29) is 7.43 Å². The molecule has 250 valence electrons. The topological polar surface area (TPSA) is 88.1 Å². The molecule has 3 aromatic carbocycles. The van der Waals surface area contributed by atoms with Crippen molar-refractivity contribution in [1.82, 2.24) is 0 Å². The lowest BCUT2D eigenvalue weighted by atomic mass is 10.2. The normalized spacial score (nSPS) is 14.5. The predicted molar refractivity (Wildman–Crippen MR) is 156 cm³/mol. The summed E-state index contributed by atoms with van der Waals surface area (Å²) in [6.45, 7) is -1.69. The van der Waals surface area contributed by atoms with Gasteiger partial charge in [-0.05, 0) is 49.7 Å². The number of benzene rings is 3. The van der Waals surface area contributed by atoms with Crippen molar-refractivity contribution in [2.24, 2.45) is 0 Å². The largest absolute Gasteiger partial charge is 0.647 e. The maximum absolute atomic E-state index is 13.1. The van der Waals surface area contributed by atoms with E-state index in [0.29, 0.717) is 36.3 Å². The van der Waals surface area contributed by atoms with E-state index in [1.165, 1.54) is 5.41 Å². The summed E-state index contributed by atoms with van der Waals surface area (Å²) in [6, 6.07) is 26.4. The Balaban J connectivity index is 0.000000391. The molecule has 3 aromatic rings. The molecule has 0 spiro atoms. The van der Waals surface area contributed by atoms with Crippen LogP contribution >= 0.6 is 7.82 Å². The van der Waals surface area contributed by atoms with E-state index in [9.17, 15) is 43.7 Å². The lowest BCUT2D eigenvalue weighted by Gasteiger charge is -2.21. The molecule has 0 bridgehead atoms. The lowest BCUT2D eigenvalue weighted by Crippen LogP contribution is -2.39. The van der Waals surface area contributed by atoms with E-state index in [2.05, 4.69) is 4.74 Å². The minimum Gasteiger partial charge on any atom is -0.386 e. The first-order valence-electron chi connectivity index (χ1n) is 12.6. The van der Waals surface area contributed by atoms with Gasteiger partial charge in [-0.25, -0.2) is 30.4 Å². The molecule has 1 aliphatic heterocycles. The minimum atomic E-state index is -4.99. The average Bonchev–Trinajstić information content (AvgIpc) is 3.37. The van der Waals surface area contributed by atoms with Gasteiger partial charge in [0, 0.05) is 5.41 Å². The Labute approximate surface area is 257 Å². The molecule has 0 aromatic heterocycles. The third-order valence-corrected chi connectivity index (χ3v) is 7.76. The van der Waals surface area contributed by atoms with E-state index >= 15 is 0 Å². The highest BCUT2D eigenvalue weighted by molar-refractivity contribution is 7.94. The van der Waals surface area contributed by atoms with Crippen LogP contribution in [0.5, 0.6) is 17.2 Å². The molecule has 16 heteroatoms. The molecule has 0 N–H and O–H groups in total. The molecule has 1 atom stereocenters. The fraction of sp³-hybridized carbons (Fsp3) is 0.310. The second-order valence-electron chi connectivity index (χ2n) is 8.72. The summed E-state index contributed by atoms with van der Waals surface area (Å²) in [7, 11) is -6.61. The van der Waals surface area contributed by atoms with E-state index in [4.69, 9.17) is 13.6 Å². The summed E-state index contributed by atoms with van der Waals surface area (Å²) in [6.07, 6.45) is -9.60. The zero-order valence-electron chi connectivity index (χ0n) is 22.9. The Morgan fingerprint density at radius 2 is 1.13 bits per heavy atom. The quantitative estimate of drug-likeness (QED) is 0.147. The van der Waals surface area contributed by atoms with Gasteiger partial charge in [-0.15, -0.1) is 0 Å². The highest BCUT2D eigenvalue weighted by Gasteiger charge is 2.47. The summed E-state index contributed by atoms with van der Waals surface area (Å²) in [5.41, 5.74) is 0. The summed E-state index contributed by atoms with van der Waals surface area (Å²) in [4.78, 5) is 0. The molecule has 0 fully saturated rings. The minimum absolute atomic E-state index is 0. The Morgan fingerprint density at radius 1 is 0.756 bits per heavy atom. The zero-order valence-corrected chi connectivity index (χ0v) is 24.7. The third-order valence-electron chi connectivity index (χ3n) is 5.05. The monoisotopic (exact) mass is 688 g/mol. The summed E-state index contributed by atoms with van der Waals surface area (Å²) in [5, 5.41) is 1.27. The van der Waals surface area contributed by atoms with Gasteiger partial charge in [0.15, 0.2) is 16.0 Å². The molecular weight excluding hydrogens is 656 g/mol. The van der Waals surface area contributed by atoms with Crippen LogP contribution in [0.2, 0.25) is 0 Å². The Bertz CT molecular complexity index is 1320. The smallest absolute Gasteiger partial charge is 0.386 e. The van der Waals surface area contributed by atoms with Crippen LogP contribution in [0.15, 0.2) is 102 Å². The number of hydrogen-bond acceptors (Lipinski definition) is 7. The molecule has 1 aliphatic rings. The number of hydrogen-bond donors (Lipinski definition) is 0. The zero-order chi connectivity index (χ0) is 32.9. The van der Waals surface area contributed by atoms with Crippen LogP contribution in [0.1, 0.15) is 20.8 Å². The number of para-hydroxylation sites is 3. The van der Waals surface area contributed by atoms with Gasteiger partial charge in [0.1, 0.15) is 23.9 Å². The van der Waals surface area contributed by atoms with Crippen LogP contribution < -0.4 is 13.6 Å². The van der Waals surface area contributed by atoms with Gasteiger partial charge in [0.2, 0.25) is 0 Å². The van der Waals surface area contributed by atoms with Crippen LogP contribution in [-0.2, 0) is 19.1 Å². The van der Waals surface area contributed by atoms with Gasteiger partial charge in [-0.1, -0.05) is 68.1 Å². The first-order chi connectivity index (χ1) is 20.5. The first kappa shape index (κ1) is 39.5. The van der Waals surface area contributed by atoms with E-state index in [0.717, 1.165) is 0 Å². The molecular formula is C29H32F7O7PS. The number of ether oxygens (including phenoxy) is 1. The second kappa shape index (κ2) is 17.8. The highest BCUT2D eigenvalue weighted by atomic mass is 32.2. The maximum Gasteiger partial charge on any atom is 0.647 e. The number of rotatable bonds is 11. The van der Waals surface area contributed by atoms with Gasteiger partial charge >= 0.3 is 26.3 Å². The van der Waals surface area contributed by atoms with Crippen molar-refractivity contribution in [2.75, 3.05) is 12.4 Å². The predicted octanol–water partition coefficient (Wildman–Crippen LogP) is 9.14. The molecule has 45 heavy (non-hydrogen) atoms. The van der Waals surface area contributed by atoms with E-state index < -0.39 is 48.9 Å². The number of phosphoric ester groups is 1. The molecule has 4 rings (SSSR count). The standard InChI is InChI=1S/C18H15O4P.C6H7F7O.C4H6O2S.CH4/c19-23(20-16-10-4-1-5-11-16,21-17-12-6-2-7-13-17)22-18-14-8-3-9-15-18;1-3(7)5(10,11)2-14-6(12,13)4(8)9;5-7(6)3-1-2-4-7;/h1-15H;3-4H,2H2,1H3;1,3H,2,4H2;1H4. The van der Waals surface area contributed by atoms with Crippen molar-refractivity contribution in [3.8, 4) is 17.2 Å². The SMILES string of the molecule is C.CC(F)C(F)(F)COC(F)(F)C(F)F.O=P(Oc1ccccc1)(Oc1ccccc1)Oc1ccccc1.O=S1(=O)C=CCC1. The van der Waals surface area contributed by atoms with Gasteiger partial charge < -0.3 is 18.3 Å². The van der Waals surface area contributed by atoms with Crippen LogP contribution in [0, 0.1) is 0 Å². The maximum atomic E-state index is 13.1. The Morgan fingerprint density at radius 3 is 1.38 bits per heavy atom. The highest BCUT2D eigenvalue weighted by Crippen LogP contribution is 2.49. The summed E-state index contributed by atoms with van der Waals surface area (Å²) >= 11 is 0. The number of alkyl halides is 7. The number of halogens is 7. The van der Waals surface area contributed by atoms with Crippen molar-refractivity contribution in [3.63, 3.8) is 0 Å². The number of phosphoric acid groups is 1. The van der Waals surface area contributed by atoms with Crippen LogP contribution in [-0.4, -0.2) is 45.4 Å². The molecule has 1 heterocycles.